The topological polar surface area (TPSA) is 53.0 Å². The van der Waals surface area contributed by atoms with Crippen LogP contribution in [0.25, 0.3) is 0 Å². The molecule has 0 spiro atoms. The van der Waals surface area contributed by atoms with Crippen molar-refractivity contribution in [3.05, 3.63) is 0 Å². The highest BCUT2D eigenvalue weighted by molar-refractivity contribution is 5.77. The molecule has 1 N–H and O–H groups in total. The second-order valence-corrected chi connectivity index (χ2v) is 6.81. The van der Waals surface area contributed by atoms with E-state index in [0.717, 1.165) is 51.9 Å². The van der Waals surface area contributed by atoms with E-state index >= 15 is 0 Å². The molecule has 3 rings (SSSR count). The number of amides is 1. The van der Waals surface area contributed by atoms with Crippen LogP contribution < -0.4 is 0 Å². The smallest absolute Gasteiger partial charge is 0.225 e. The minimum Gasteiger partial charge on any atom is -0.389 e. The van der Waals surface area contributed by atoms with Crippen LogP contribution in [0.2, 0.25) is 0 Å². The van der Waals surface area contributed by atoms with Crippen LogP contribution in [0.4, 0.5) is 0 Å². The molecule has 0 unspecified atom stereocenters. The van der Waals surface area contributed by atoms with Crippen molar-refractivity contribution >= 4 is 5.91 Å². The molecule has 0 radical (unpaired) electrons. The van der Waals surface area contributed by atoms with Crippen molar-refractivity contribution < 1.29 is 14.6 Å². The predicted molar refractivity (Wildman–Crippen MR) is 75.3 cm³/mol. The Kier molecular flexibility index (Phi) is 4.02. The summed E-state index contributed by atoms with van der Waals surface area (Å²) in [7, 11) is 2.13. The van der Waals surface area contributed by atoms with E-state index in [1.54, 1.807) is 0 Å². The fourth-order valence-corrected chi connectivity index (χ4v) is 3.60. The van der Waals surface area contributed by atoms with Crippen LogP contribution in [0.3, 0.4) is 0 Å². The van der Waals surface area contributed by atoms with Crippen molar-refractivity contribution in [3.63, 3.8) is 0 Å². The van der Waals surface area contributed by atoms with Gasteiger partial charge in [-0.25, -0.2) is 0 Å². The SMILES string of the molecule is CN1CCO[C@@H]2CN(C(=O)CC3(O)CCC3)CC[C@@H]2C1. The molecule has 0 aromatic carbocycles. The van der Waals surface area contributed by atoms with Crippen LogP contribution >= 0.6 is 0 Å². The monoisotopic (exact) mass is 282 g/mol. The lowest BCUT2D eigenvalue weighted by Gasteiger charge is -2.41. The first-order chi connectivity index (χ1) is 9.56. The summed E-state index contributed by atoms with van der Waals surface area (Å²) in [6.07, 6.45) is 4.08. The van der Waals surface area contributed by atoms with E-state index in [4.69, 9.17) is 4.74 Å². The van der Waals surface area contributed by atoms with Gasteiger partial charge in [-0.2, -0.15) is 0 Å². The minimum absolute atomic E-state index is 0.104. The third-order valence-corrected chi connectivity index (χ3v) is 5.16. The Hall–Kier alpha value is -0.650. The molecule has 3 aliphatic rings. The number of piperidine rings is 1. The Bertz CT molecular complexity index is 370. The molecule has 1 aliphatic carbocycles. The Morgan fingerprint density at radius 3 is 2.85 bits per heavy atom. The number of nitrogens with zero attached hydrogens (tertiary/aromatic N) is 2. The van der Waals surface area contributed by atoms with Gasteiger partial charge in [-0.1, -0.05) is 0 Å². The van der Waals surface area contributed by atoms with Gasteiger partial charge in [0.15, 0.2) is 0 Å². The van der Waals surface area contributed by atoms with Gasteiger partial charge in [-0.05, 0) is 32.7 Å². The average molecular weight is 282 g/mol. The lowest BCUT2D eigenvalue weighted by atomic mass is 9.77. The molecule has 5 heteroatoms. The molecule has 114 valence electrons. The van der Waals surface area contributed by atoms with Gasteiger partial charge in [0, 0.05) is 32.1 Å². The molecule has 0 aromatic rings. The number of rotatable bonds is 2. The molecule has 2 aliphatic heterocycles. The second-order valence-electron chi connectivity index (χ2n) is 6.81. The third kappa shape index (κ3) is 3.00. The van der Waals surface area contributed by atoms with Crippen molar-refractivity contribution in [1.82, 2.24) is 9.80 Å². The van der Waals surface area contributed by atoms with Gasteiger partial charge in [0.1, 0.15) is 0 Å². The van der Waals surface area contributed by atoms with E-state index in [2.05, 4.69) is 11.9 Å². The molecule has 2 atom stereocenters. The van der Waals surface area contributed by atoms with Crippen LogP contribution in [0, 0.1) is 5.92 Å². The molecule has 2 saturated heterocycles. The van der Waals surface area contributed by atoms with E-state index in [9.17, 15) is 9.90 Å². The van der Waals surface area contributed by atoms with Gasteiger partial charge >= 0.3 is 0 Å². The van der Waals surface area contributed by atoms with Crippen molar-refractivity contribution in [1.29, 1.82) is 0 Å². The number of carbonyl (C=O) groups excluding carboxylic acids is 1. The van der Waals surface area contributed by atoms with E-state index in [1.807, 2.05) is 4.90 Å². The maximum atomic E-state index is 12.3. The molecule has 1 saturated carbocycles. The summed E-state index contributed by atoms with van der Waals surface area (Å²) >= 11 is 0. The number of ether oxygens (including phenoxy) is 1. The zero-order chi connectivity index (χ0) is 14.2. The Balaban J connectivity index is 1.56. The number of likely N-dealkylation sites (N-methyl/N-ethyl adjacent to an activating group) is 1. The summed E-state index contributed by atoms with van der Waals surface area (Å²) in [5.41, 5.74) is -0.710. The van der Waals surface area contributed by atoms with Crippen LogP contribution in [-0.2, 0) is 9.53 Å². The van der Waals surface area contributed by atoms with Gasteiger partial charge in [-0.3, -0.25) is 4.79 Å². The van der Waals surface area contributed by atoms with Crippen LogP contribution in [0.1, 0.15) is 32.1 Å². The maximum Gasteiger partial charge on any atom is 0.225 e. The van der Waals surface area contributed by atoms with Crippen LogP contribution in [-0.4, -0.2) is 72.4 Å². The van der Waals surface area contributed by atoms with E-state index in [-0.39, 0.29) is 12.0 Å². The lowest BCUT2D eigenvalue weighted by molar-refractivity contribution is -0.145. The summed E-state index contributed by atoms with van der Waals surface area (Å²) in [6, 6.07) is 0. The summed E-state index contributed by atoms with van der Waals surface area (Å²) in [5, 5.41) is 10.1. The molecule has 20 heavy (non-hydrogen) atoms. The zero-order valence-electron chi connectivity index (χ0n) is 12.4. The molecule has 0 bridgehead atoms. The third-order valence-electron chi connectivity index (χ3n) is 5.16. The highest BCUT2D eigenvalue weighted by Crippen LogP contribution is 2.35. The number of hydrogen-bond donors (Lipinski definition) is 1. The molecular formula is C15H26N2O3. The molecule has 0 aromatic heterocycles. The number of likely N-dealkylation sites (tertiary alicyclic amines) is 1. The van der Waals surface area contributed by atoms with Gasteiger partial charge < -0.3 is 19.6 Å². The normalized spacial score (nSPS) is 34.0. The van der Waals surface area contributed by atoms with Crippen molar-refractivity contribution in [2.45, 2.75) is 43.8 Å². The molecule has 5 nitrogen and oxygen atoms in total. The molecule has 2 heterocycles. The molecule has 3 fully saturated rings. The van der Waals surface area contributed by atoms with Crippen LogP contribution in [0.15, 0.2) is 0 Å². The number of fused-ring (bicyclic) bond motifs is 1. The first-order valence-electron chi connectivity index (χ1n) is 7.86. The standard InChI is InChI=1S/C15H26N2O3/c1-16-7-8-20-13-11-17(6-3-12(13)10-16)14(18)9-15(19)4-2-5-15/h12-13,19H,2-11H2,1H3/t12-,13-/m1/s1. The summed E-state index contributed by atoms with van der Waals surface area (Å²) < 4.78 is 5.93. The van der Waals surface area contributed by atoms with Gasteiger partial charge in [0.2, 0.25) is 5.91 Å². The van der Waals surface area contributed by atoms with E-state index in [0.29, 0.717) is 18.9 Å². The first-order valence-corrected chi connectivity index (χ1v) is 7.86. The van der Waals surface area contributed by atoms with E-state index < -0.39 is 5.60 Å². The first kappa shape index (κ1) is 14.3. The number of hydrogen-bond acceptors (Lipinski definition) is 4. The number of carbonyl (C=O) groups is 1. The highest BCUT2D eigenvalue weighted by atomic mass is 16.5. The molecular weight excluding hydrogens is 256 g/mol. The second kappa shape index (κ2) is 5.62. The zero-order valence-corrected chi connectivity index (χ0v) is 12.4. The summed E-state index contributed by atoms with van der Waals surface area (Å²) in [4.78, 5) is 16.6. The van der Waals surface area contributed by atoms with Crippen molar-refractivity contribution in [3.8, 4) is 0 Å². The van der Waals surface area contributed by atoms with Crippen molar-refractivity contribution in [2.75, 3.05) is 39.8 Å². The Morgan fingerprint density at radius 1 is 1.35 bits per heavy atom. The van der Waals surface area contributed by atoms with Crippen LogP contribution in [0.5, 0.6) is 0 Å². The average Bonchev–Trinajstić information content (AvgIpc) is 2.56. The summed E-state index contributed by atoms with van der Waals surface area (Å²) in [5.74, 6) is 0.644. The number of aliphatic hydroxyl groups is 1. The maximum absolute atomic E-state index is 12.3. The Morgan fingerprint density at radius 2 is 2.15 bits per heavy atom. The van der Waals surface area contributed by atoms with Gasteiger partial charge in [-0.15, -0.1) is 0 Å². The minimum atomic E-state index is -0.710. The van der Waals surface area contributed by atoms with Crippen molar-refractivity contribution in [2.24, 2.45) is 5.92 Å². The van der Waals surface area contributed by atoms with Gasteiger partial charge in [0.05, 0.1) is 24.7 Å². The fourth-order valence-electron chi connectivity index (χ4n) is 3.60. The van der Waals surface area contributed by atoms with Gasteiger partial charge in [0.25, 0.3) is 0 Å². The quantitative estimate of drug-likeness (QED) is 0.800. The fraction of sp³-hybridized carbons (Fsp3) is 0.933. The highest BCUT2D eigenvalue weighted by Gasteiger charge is 2.40. The summed E-state index contributed by atoms with van der Waals surface area (Å²) in [6.45, 7) is 4.31. The lowest BCUT2D eigenvalue weighted by Crippen LogP contribution is -2.51. The molecule has 1 amide bonds. The van der Waals surface area contributed by atoms with E-state index in [1.165, 1.54) is 0 Å². The Labute approximate surface area is 120 Å². The predicted octanol–water partition coefficient (Wildman–Crippen LogP) is 0.471. The largest absolute Gasteiger partial charge is 0.389 e.